The molecule has 0 atom stereocenters. The smallest absolute Gasteiger partial charge is 0.310 e. The zero-order chi connectivity index (χ0) is 15.4. The van der Waals surface area contributed by atoms with Crippen LogP contribution in [0, 0.1) is 6.92 Å². The van der Waals surface area contributed by atoms with Gasteiger partial charge in [-0.15, -0.1) is 11.3 Å². The summed E-state index contributed by atoms with van der Waals surface area (Å²) in [7, 11) is 1.34. The zero-order valence-electron chi connectivity index (χ0n) is 11.5. The van der Waals surface area contributed by atoms with Gasteiger partial charge in [-0.3, -0.25) is 14.9 Å². The van der Waals surface area contributed by atoms with E-state index in [0.29, 0.717) is 10.7 Å². The molecule has 0 radical (unpaired) electrons. The van der Waals surface area contributed by atoms with Crippen molar-refractivity contribution >= 4 is 44.3 Å². The molecule has 0 spiro atoms. The third-order valence-corrected chi connectivity index (χ3v) is 4.35. The molecule has 0 fully saturated rings. The van der Waals surface area contributed by atoms with Crippen LogP contribution in [0.4, 0.5) is 5.13 Å². The number of benzene rings is 1. The molecular formula is C14H13BrN2O3S. The van der Waals surface area contributed by atoms with E-state index >= 15 is 0 Å². The number of ether oxygens (including phenoxy) is 1. The summed E-state index contributed by atoms with van der Waals surface area (Å²) in [5.41, 5.74) is 1.26. The summed E-state index contributed by atoms with van der Waals surface area (Å²) in [5.74, 6) is -0.562. The Bertz CT molecular complexity index is 667. The number of rotatable bonds is 4. The Labute approximate surface area is 134 Å². The number of esters is 1. The predicted octanol–water partition coefficient (Wildman–Crippen LogP) is 3.18. The molecular weight excluding hydrogens is 356 g/mol. The van der Waals surface area contributed by atoms with Crippen LogP contribution in [0.5, 0.6) is 0 Å². The minimum Gasteiger partial charge on any atom is -0.469 e. The number of nitrogens with zero attached hydrogens (tertiary/aromatic N) is 1. The van der Waals surface area contributed by atoms with E-state index in [1.807, 2.05) is 0 Å². The Kier molecular flexibility index (Phi) is 5.08. The molecule has 0 aliphatic carbocycles. The Balaban J connectivity index is 2.09. The number of carbonyl (C=O) groups excluding carboxylic acids is 2. The van der Waals surface area contributed by atoms with Gasteiger partial charge in [-0.2, -0.15) is 0 Å². The summed E-state index contributed by atoms with van der Waals surface area (Å²) < 4.78 is 5.54. The summed E-state index contributed by atoms with van der Waals surface area (Å²) >= 11 is 4.59. The van der Waals surface area contributed by atoms with E-state index in [2.05, 4.69) is 31.0 Å². The lowest BCUT2D eigenvalue weighted by Gasteiger charge is -2.01. The SMILES string of the molecule is COC(=O)Cc1sc(NC(=O)c2ccc(Br)cc2)nc1C. The highest BCUT2D eigenvalue weighted by Gasteiger charge is 2.14. The van der Waals surface area contributed by atoms with Crippen LogP contribution in [0.3, 0.4) is 0 Å². The fraction of sp³-hybridized carbons (Fsp3) is 0.214. The van der Waals surface area contributed by atoms with Gasteiger partial charge in [-0.25, -0.2) is 4.98 Å². The first-order valence-electron chi connectivity index (χ1n) is 6.09. The third-order valence-electron chi connectivity index (χ3n) is 2.75. The minimum absolute atomic E-state index is 0.161. The highest BCUT2D eigenvalue weighted by molar-refractivity contribution is 9.10. The quantitative estimate of drug-likeness (QED) is 0.841. The first kappa shape index (κ1) is 15.7. The lowest BCUT2D eigenvalue weighted by molar-refractivity contribution is -0.139. The molecule has 0 saturated heterocycles. The standard InChI is InChI=1S/C14H13BrN2O3S/c1-8-11(7-12(18)20-2)21-14(16-8)17-13(19)9-3-5-10(15)6-4-9/h3-6H,7H2,1-2H3,(H,16,17,19). The maximum absolute atomic E-state index is 12.1. The maximum atomic E-state index is 12.1. The number of hydrogen-bond donors (Lipinski definition) is 1. The molecule has 1 N–H and O–H groups in total. The number of nitrogens with one attached hydrogen (secondary N) is 1. The summed E-state index contributed by atoms with van der Waals surface area (Å²) in [5, 5.41) is 3.20. The summed E-state index contributed by atoms with van der Waals surface area (Å²) in [6.07, 6.45) is 0.161. The lowest BCUT2D eigenvalue weighted by Crippen LogP contribution is -2.11. The van der Waals surface area contributed by atoms with Crippen LogP contribution in [0.1, 0.15) is 20.9 Å². The van der Waals surface area contributed by atoms with Crippen molar-refractivity contribution in [3.05, 3.63) is 44.9 Å². The summed E-state index contributed by atoms with van der Waals surface area (Å²) in [6, 6.07) is 7.03. The van der Waals surface area contributed by atoms with Crippen LogP contribution >= 0.6 is 27.3 Å². The number of halogens is 1. The van der Waals surface area contributed by atoms with Crippen molar-refractivity contribution in [1.82, 2.24) is 4.98 Å². The molecule has 1 heterocycles. The van der Waals surface area contributed by atoms with Gasteiger partial charge >= 0.3 is 5.97 Å². The van der Waals surface area contributed by atoms with Gasteiger partial charge in [0.2, 0.25) is 0 Å². The number of aryl methyl sites for hydroxylation is 1. The van der Waals surface area contributed by atoms with Crippen LogP contribution in [-0.4, -0.2) is 24.0 Å². The van der Waals surface area contributed by atoms with Crippen molar-refractivity contribution in [3.8, 4) is 0 Å². The second-order valence-corrected chi connectivity index (χ2v) is 6.24. The molecule has 0 aliphatic rings. The van der Waals surface area contributed by atoms with Crippen LogP contribution in [0.15, 0.2) is 28.7 Å². The van der Waals surface area contributed by atoms with Gasteiger partial charge in [0.05, 0.1) is 19.2 Å². The van der Waals surface area contributed by atoms with E-state index in [1.54, 1.807) is 31.2 Å². The van der Waals surface area contributed by atoms with Crippen molar-refractivity contribution in [3.63, 3.8) is 0 Å². The van der Waals surface area contributed by atoms with Crippen molar-refractivity contribution in [2.75, 3.05) is 12.4 Å². The first-order valence-corrected chi connectivity index (χ1v) is 7.70. The van der Waals surface area contributed by atoms with Gasteiger partial charge in [0.15, 0.2) is 5.13 Å². The van der Waals surface area contributed by atoms with Crippen molar-refractivity contribution in [2.45, 2.75) is 13.3 Å². The number of aromatic nitrogens is 1. The molecule has 0 aliphatic heterocycles. The number of methoxy groups -OCH3 is 1. The van der Waals surface area contributed by atoms with Crippen LogP contribution < -0.4 is 5.32 Å². The molecule has 2 aromatic rings. The Morgan fingerprint density at radius 1 is 1.33 bits per heavy atom. The van der Waals surface area contributed by atoms with Crippen molar-refractivity contribution in [1.29, 1.82) is 0 Å². The molecule has 0 bridgehead atoms. The Morgan fingerprint density at radius 3 is 2.62 bits per heavy atom. The van der Waals surface area contributed by atoms with Gasteiger partial charge in [0.1, 0.15) is 0 Å². The fourth-order valence-electron chi connectivity index (χ4n) is 1.62. The van der Waals surface area contributed by atoms with Crippen molar-refractivity contribution < 1.29 is 14.3 Å². The van der Waals surface area contributed by atoms with E-state index in [4.69, 9.17) is 0 Å². The predicted molar refractivity (Wildman–Crippen MR) is 84.7 cm³/mol. The molecule has 1 aromatic heterocycles. The molecule has 5 nitrogen and oxygen atoms in total. The first-order chi connectivity index (χ1) is 9.99. The van der Waals surface area contributed by atoms with E-state index in [1.165, 1.54) is 18.4 Å². The Hall–Kier alpha value is -1.73. The minimum atomic E-state index is -0.326. The van der Waals surface area contributed by atoms with E-state index in [9.17, 15) is 9.59 Å². The van der Waals surface area contributed by atoms with E-state index < -0.39 is 0 Å². The topological polar surface area (TPSA) is 68.3 Å². The Morgan fingerprint density at radius 2 is 2.00 bits per heavy atom. The average molecular weight is 369 g/mol. The van der Waals surface area contributed by atoms with Gasteiger partial charge < -0.3 is 4.74 Å². The van der Waals surface area contributed by atoms with E-state index in [-0.39, 0.29) is 18.3 Å². The fourth-order valence-corrected chi connectivity index (χ4v) is 2.83. The van der Waals surface area contributed by atoms with E-state index in [0.717, 1.165) is 15.0 Å². The molecule has 0 saturated carbocycles. The van der Waals surface area contributed by atoms with Gasteiger partial charge in [-0.05, 0) is 31.2 Å². The van der Waals surface area contributed by atoms with Crippen LogP contribution in [-0.2, 0) is 16.0 Å². The molecule has 21 heavy (non-hydrogen) atoms. The number of anilines is 1. The second kappa shape index (κ2) is 6.82. The highest BCUT2D eigenvalue weighted by atomic mass is 79.9. The third kappa shape index (κ3) is 4.12. The molecule has 1 aromatic carbocycles. The van der Waals surface area contributed by atoms with Crippen LogP contribution in [0.25, 0.3) is 0 Å². The monoisotopic (exact) mass is 368 g/mol. The number of hydrogen-bond acceptors (Lipinski definition) is 5. The molecule has 7 heteroatoms. The zero-order valence-corrected chi connectivity index (χ0v) is 13.9. The highest BCUT2D eigenvalue weighted by Crippen LogP contribution is 2.24. The summed E-state index contributed by atoms with van der Waals surface area (Å²) in [4.78, 5) is 28.4. The number of thiazole rings is 1. The van der Waals surface area contributed by atoms with Gasteiger partial charge in [0, 0.05) is 14.9 Å². The average Bonchev–Trinajstić information content (AvgIpc) is 2.79. The van der Waals surface area contributed by atoms with Gasteiger partial charge in [-0.1, -0.05) is 15.9 Å². The van der Waals surface area contributed by atoms with Crippen LogP contribution in [0.2, 0.25) is 0 Å². The maximum Gasteiger partial charge on any atom is 0.310 e. The molecule has 1 amide bonds. The lowest BCUT2D eigenvalue weighted by atomic mass is 10.2. The normalized spacial score (nSPS) is 10.2. The van der Waals surface area contributed by atoms with Crippen molar-refractivity contribution in [2.24, 2.45) is 0 Å². The largest absolute Gasteiger partial charge is 0.469 e. The summed E-state index contributed by atoms with van der Waals surface area (Å²) in [6.45, 7) is 1.80. The molecule has 110 valence electrons. The molecule has 2 rings (SSSR count). The second-order valence-electron chi connectivity index (χ2n) is 4.24. The van der Waals surface area contributed by atoms with Gasteiger partial charge in [0.25, 0.3) is 5.91 Å². The number of amides is 1. The number of carbonyl (C=O) groups is 2. The molecule has 0 unspecified atom stereocenters.